The first-order chi connectivity index (χ1) is 13.0. The molecule has 2 aliphatic rings. The van der Waals surface area contributed by atoms with Gasteiger partial charge in [-0.25, -0.2) is 0 Å². The van der Waals surface area contributed by atoms with E-state index in [4.69, 9.17) is 9.47 Å². The number of benzene rings is 1. The summed E-state index contributed by atoms with van der Waals surface area (Å²) in [5, 5.41) is 12.4. The van der Waals surface area contributed by atoms with Gasteiger partial charge in [0.1, 0.15) is 6.04 Å². The van der Waals surface area contributed by atoms with E-state index >= 15 is 0 Å². The zero-order chi connectivity index (χ0) is 19.4. The number of nitrogens with one attached hydrogen (secondary N) is 1. The van der Waals surface area contributed by atoms with E-state index in [1.807, 2.05) is 32.0 Å². The van der Waals surface area contributed by atoms with Crippen LogP contribution in [0.3, 0.4) is 0 Å². The maximum Gasteiger partial charge on any atom is 0.320 e. The fourth-order valence-electron chi connectivity index (χ4n) is 3.71. The van der Waals surface area contributed by atoms with E-state index in [9.17, 15) is 14.7 Å². The molecule has 0 saturated carbocycles. The third-order valence-corrected chi connectivity index (χ3v) is 5.11. The van der Waals surface area contributed by atoms with E-state index in [0.717, 1.165) is 24.2 Å². The second-order valence-electron chi connectivity index (χ2n) is 7.51. The minimum atomic E-state index is -0.858. The number of nitrogens with zero attached hydrogens (tertiary/aromatic N) is 1. The van der Waals surface area contributed by atoms with E-state index in [-0.39, 0.29) is 24.4 Å². The van der Waals surface area contributed by atoms with E-state index in [1.54, 1.807) is 4.90 Å². The summed E-state index contributed by atoms with van der Waals surface area (Å²) in [5.41, 5.74) is 0.957. The lowest BCUT2D eigenvalue weighted by Gasteiger charge is -2.26. The Kier molecular flexibility index (Phi) is 6.21. The molecule has 7 nitrogen and oxygen atoms in total. The standard InChI is InChI=1S/C20H28N2O5/c1-13(2)19(14-6-7-16-17(11-14)27-10-4-9-26-16)21-18(23)12-22-8-3-5-15(22)20(24)25/h6-7,11,13,15,19H,3-5,8-10,12H2,1-2H3,(H,21,23)(H,24,25)/t15-,19?/m0/s1. The average molecular weight is 376 g/mol. The van der Waals surface area contributed by atoms with Gasteiger partial charge in [-0.05, 0) is 43.0 Å². The van der Waals surface area contributed by atoms with Crippen molar-refractivity contribution in [2.24, 2.45) is 5.92 Å². The Bertz CT molecular complexity index is 691. The summed E-state index contributed by atoms with van der Waals surface area (Å²) in [5.74, 6) is 0.590. The summed E-state index contributed by atoms with van der Waals surface area (Å²) < 4.78 is 11.4. The van der Waals surface area contributed by atoms with Crippen molar-refractivity contribution in [2.45, 2.75) is 45.2 Å². The van der Waals surface area contributed by atoms with Crippen LogP contribution in [-0.4, -0.2) is 54.2 Å². The average Bonchev–Trinajstić information content (AvgIpc) is 2.95. The summed E-state index contributed by atoms with van der Waals surface area (Å²) in [6.45, 7) is 6.08. The lowest BCUT2D eigenvalue weighted by molar-refractivity contribution is -0.142. The van der Waals surface area contributed by atoms with Gasteiger partial charge in [0.25, 0.3) is 0 Å². The molecule has 1 unspecified atom stereocenters. The third kappa shape index (κ3) is 4.71. The van der Waals surface area contributed by atoms with Gasteiger partial charge in [-0.15, -0.1) is 0 Å². The van der Waals surface area contributed by atoms with Crippen molar-refractivity contribution >= 4 is 11.9 Å². The fraction of sp³-hybridized carbons (Fsp3) is 0.600. The van der Waals surface area contributed by atoms with Gasteiger partial charge in [0, 0.05) is 6.42 Å². The number of carboxylic acids is 1. The lowest BCUT2D eigenvalue weighted by Crippen LogP contribution is -2.44. The van der Waals surface area contributed by atoms with Crippen molar-refractivity contribution in [2.75, 3.05) is 26.3 Å². The van der Waals surface area contributed by atoms with Crippen LogP contribution in [0.1, 0.15) is 44.7 Å². The van der Waals surface area contributed by atoms with Crippen LogP contribution < -0.4 is 14.8 Å². The number of carbonyl (C=O) groups excluding carboxylic acids is 1. The molecule has 2 N–H and O–H groups in total. The highest BCUT2D eigenvalue weighted by molar-refractivity contribution is 5.80. The van der Waals surface area contributed by atoms with Crippen LogP contribution in [-0.2, 0) is 9.59 Å². The van der Waals surface area contributed by atoms with Crippen LogP contribution in [0.5, 0.6) is 11.5 Å². The molecule has 2 heterocycles. The number of carbonyl (C=O) groups is 2. The number of hydrogen-bond donors (Lipinski definition) is 2. The summed E-state index contributed by atoms with van der Waals surface area (Å²) >= 11 is 0. The summed E-state index contributed by atoms with van der Waals surface area (Å²) in [6, 6.07) is 5.03. The Labute approximate surface area is 159 Å². The first-order valence-corrected chi connectivity index (χ1v) is 9.61. The second-order valence-corrected chi connectivity index (χ2v) is 7.51. The number of aliphatic carboxylic acids is 1. The van der Waals surface area contributed by atoms with Gasteiger partial charge < -0.3 is 19.9 Å². The van der Waals surface area contributed by atoms with Crippen molar-refractivity contribution in [1.82, 2.24) is 10.2 Å². The Hall–Kier alpha value is -2.28. The van der Waals surface area contributed by atoms with Crippen molar-refractivity contribution in [1.29, 1.82) is 0 Å². The van der Waals surface area contributed by atoms with Crippen LogP contribution in [0.15, 0.2) is 18.2 Å². The number of carboxylic acid groups (broad SMARTS) is 1. The monoisotopic (exact) mass is 376 g/mol. The smallest absolute Gasteiger partial charge is 0.320 e. The highest BCUT2D eigenvalue weighted by Crippen LogP contribution is 2.34. The third-order valence-electron chi connectivity index (χ3n) is 5.11. The van der Waals surface area contributed by atoms with E-state index in [2.05, 4.69) is 5.32 Å². The fourth-order valence-corrected chi connectivity index (χ4v) is 3.71. The molecule has 1 aromatic carbocycles. The number of ether oxygens (including phenoxy) is 2. The first kappa shape index (κ1) is 19.5. The van der Waals surface area contributed by atoms with Gasteiger partial charge in [-0.1, -0.05) is 19.9 Å². The SMILES string of the molecule is CC(C)C(NC(=O)CN1CCC[C@H]1C(=O)O)c1ccc2c(c1)OCCCO2. The highest BCUT2D eigenvalue weighted by atomic mass is 16.5. The van der Waals surface area contributed by atoms with Crippen LogP contribution in [0, 0.1) is 5.92 Å². The van der Waals surface area contributed by atoms with E-state index < -0.39 is 12.0 Å². The zero-order valence-electron chi connectivity index (χ0n) is 15.9. The Morgan fingerprint density at radius 1 is 1.22 bits per heavy atom. The second kappa shape index (κ2) is 8.61. The molecule has 1 fully saturated rings. The predicted molar refractivity (Wildman–Crippen MR) is 100 cm³/mol. The van der Waals surface area contributed by atoms with Gasteiger partial charge in [0.05, 0.1) is 25.8 Å². The van der Waals surface area contributed by atoms with E-state index in [0.29, 0.717) is 31.9 Å². The molecule has 0 aromatic heterocycles. The molecule has 2 aliphatic heterocycles. The molecule has 1 saturated heterocycles. The topological polar surface area (TPSA) is 88.1 Å². The number of likely N-dealkylation sites (tertiary alicyclic amines) is 1. The number of rotatable bonds is 6. The predicted octanol–water partition coefficient (Wildman–Crippen LogP) is 2.21. The number of hydrogen-bond acceptors (Lipinski definition) is 5. The molecule has 0 aliphatic carbocycles. The van der Waals surface area contributed by atoms with Gasteiger partial charge in [0.15, 0.2) is 11.5 Å². The van der Waals surface area contributed by atoms with Crippen molar-refractivity contribution in [3.05, 3.63) is 23.8 Å². The van der Waals surface area contributed by atoms with Gasteiger partial charge in [-0.3, -0.25) is 14.5 Å². The molecule has 27 heavy (non-hydrogen) atoms. The highest BCUT2D eigenvalue weighted by Gasteiger charge is 2.32. The molecule has 1 amide bonds. The molecule has 7 heteroatoms. The molecular weight excluding hydrogens is 348 g/mol. The quantitative estimate of drug-likeness (QED) is 0.791. The number of amides is 1. The van der Waals surface area contributed by atoms with Crippen LogP contribution in [0.2, 0.25) is 0 Å². The molecule has 2 atom stereocenters. The van der Waals surface area contributed by atoms with Crippen LogP contribution in [0.4, 0.5) is 0 Å². The molecule has 148 valence electrons. The van der Waals surface area contributed by atoms with Gasteiger partial charge >= 0.3 is 5.97 Å². The van der Waals surface area contributed by atoms with Crippen molar-refractivity contribution in [3.63, 3.8) is 0 Å². The minimum absolute atomic E-state index is 0.102. The van der Waals surface area contributed by atoms with Crippen molar-refractivity contribution < 1.29 is 24.2 Å². The molecule has 1 aromatic rings. The largest absolute Gasteiger partial charge is 0.490 e. The first-order valence-electron chi connectivity index (χ1n) is 9.61. The molecule has 3 rings (SSSR count). The van der Waals surface area contributed by atoms with Gasteiger partial charge in [0.2, 0.25) is 5.91 Å². The summed E-state index contributed by atoms with van der Waals surface area (Å²) in [4.78, 5) is 25.6. The maximum atomic E-state index is 12.6. The molecule has 0 bridgehead atoms. The zero-order valence-corrected chi connectivity index (χ0v) is 15.9. The van der Waals surface area contributed by atoms with E-state index in [1.165, 1.54) is 0 Å². The maximum absolute atomic E-state index is 12.6. The minimum Gasteiger partial charge on any atom is -0.490 e. The van der Waals surface area contributed by atoms with Crippen LogP contribution >= 0.6 is 0 Å². The molecule has 0 spiro atoms. The lowest BCUT2D eigenvalue weighted by atomic mass is 9.95. The van der Waals surface area contributed by atoms with Crippen molar-refractivity contribution in [3.8, 4) is 11.5 Å². The molecular formula is C20H28N2O5. The molecule has 0 radical (unpaired) electrons. The Morgan fingerprint density at radius 2 is 1.96 bits per heavy atom. The summed E-state index contributed by atoms with van der Waals surface area (Å²) in [7, 11) is 0. The summed E-state index contributed by atoms with van der Waals surface area (Å²) in [6.07, 6.45) is 2.24. The van der Waals surface area contributed by atoms with Gasteiger partial charge in [-0.2, -0.15) is 0 Å². The normalized spacial score (nSPS) is 20.9. The van der Waals surface area contributed by atoms with Crippen LogP contribution in [0.25, 0.3) is 0 Å². The Balaban J connectivity index is 1.69. The number of fused-ring (bicyclic) bond motifs is 1. The Morgan fingerprint density at radius 3 is 2.67 bits per heavy atom.